The van der Waals surface area contributed by atoms with Crippen LogP contribution in [0.15, 0.2) is 94.0 Å². The van der Waals surface area contributed by atoms with E-state index in [-0.39, 0.29) is 5.70 Å². The van der Waals surface area contributed by atoms with Crippen molar-refractivity contribution in [3.8, 4) is 5.75 Å². The average molecular weight is 434 g/mol. The summed E-state index contributed by atoms with van der Waals surface area (Å²) < 4.78 is 12.3. The summed E-state index contributed by atoms with van der Waals surface area (Å²) >= 11 is 3.46. The minimum atomic E-state index is -0.472. The molecule has 138 valence electrons. The molecule has 0 N–H and O–H groups in total. The zero-order valence-electron chi connectivity index (χ0n) is 14.8. The van der Waals surface area contributed by atoms with Crippen molar-refractivity contribution in [2.24, 2.45) is 4.99 Å². The molecule has 4 nitrogen and oxygen atoms in total. The molecule has 3 aromatic carbocycles. The predicted octanol–water partition coefficient (Wildman–Crippen LogP) is 5.37. The van der Waals surface area contributed by atoms with Crippen LogP contribution in [0.2, 0.25) is 0 Å². The second kappa shape index (κ2) is 8.23. The van der Waals surface area contributed by atoms with E-state index in [0.717, 1.165) is 21.2 Å². The summed E-state index contributed by atoms with van der Waals surface area (Å²) in [6, 6.07) is 24.8. The maximum atomic E-state index is 12.2. The quantitative estimate of drug-likeness (QED) is 0.401. The number of halogens is 1. The van der Waals surface area contributed by atoms with Crippen LogP contribution in [0.1, 0.15) is 16.7 Å². The molecule has 1 aliphatic rings. The van der Waals surface area contributed by atoms with Gasteiger partial charge in [-0.2, -0.15) is 0 Å². The fourth-order valence-electron chi connectivity index (χ4n) is 2.78. The van der Waals surface area contributed by atoms with E-state index >= 15 is 0 Å². The second-order valence-corrected chi connectivity index (χ2v) is 7.07. The Morgan fingerprint density at radius 3 is 2.57 bits per heavy atom. The van der Waals surface area contributed by atoms with Gasteiger partial charge in [0.1, 0.15) is 12.4 Å². The van der Waals surface area contributed by atoms with Crippen LogP contribution in [0, 0.1) is 0 Å². The van der Waals surface area contributed by atoms with Crippen LogP contribution in [0.25, 0.3) is 6.08 Å². The highest BCUT2D eigenvalue weighted by molar-refractivity contribution is 9.10. The van der Waals surface area contributed by atoms with Crippen molar-refractivity contribution < 1.29 is 14.3 Å². The number of carbonyl (C=O) groups is 1. The smallest absolute Gasteiger partial charge is 0.363 e. The molecule has 0 saturated carbocycles. The molecule has 0 unspecified atom stereocenters. The Hall–Kier alpha value is -3.18. The molecule has 4 rings (SSSR count). The van der Waals surface area contributed by atoms with Gasteiger partial charge in [-0.1, -0.05) is 64.5 Å². The highest BCUT2D eigenvalue weighted by Crippen LogP contribution is 2.25. The number of cyclic esters (lactones) is 1. The molecule has 5 heteroatoms. The van der Waals surface area contributed by atoms with Gasteiger partial charge in [-0.3, -0.25) is 0 Å². The molecule has 0 saturated heterocycles. The first-order chi connectivity index (χ1) is 13.7. The van der Waals surface area contributed by atoms with Gasteiger partial charge >= 0.3 is 5.97 Å². The second-order valence-electron chi connectivity index (χ2n) is 6.16. The van der Waals surface area contributed by atoms with E-state index in [1.54, 1.807) is 6.08 Å². The lowest BCUT2D eigenvalue weighted by Crippen LogP contribution is -2.05. The number of benzene rings is 3. The molecule has 1 aliphatic heterocycles. The van der Waals surface area contributed by atoms with Crippen molar-refractivity contribution in [3.63, 3.8) is 0 Å². The maximum absolute atomic E-state index is 12.2. The van der Waals surface area contributed by atoms with Gasteiger partial charge in [-0.05, 0) is 42.0 Å². The lowest BCUT2D eigenvalue weighted by Gasteiger charge is -2.09. The molecule has 0 fully saturated rings. The van der Waals surface area contributed by atoms with Gasteiger partial charge in [0, 0.05) is 15.6 Å². The lowest BCUT2D eigenvalue weighted by molar-refractivity contribution is -0.129. The van der Waals surface area contributed by atoms with Crippen molar-refractivity contribution in [2.45, 2.75) is 6.61 Å². The molecule has 0 radical (unpaired) electrons. The third kappa shape index (κ3) is 4.21. The third-order valence-electron chi connectivity index (χ3n) is 4.14. The topological polar surface area (TPSA) is 47.9 Å². The molecular formula is C23H16BrNO3. The van der Waals surface area contributed by atoms with Crippen LogP contribution in [-0.4, -0.2) is 11.9 Å². The Bertz CT molecular complexity index is 1070. The average Bonchev–Trinajstić information content (AvgIpc) is 3.08. The van der Waals surface area contributed by atoms with Gasteiger partial charge < -0.3 is 9.47 Å². The van der Waals surface area contributed by atoms with Crippen molar-refractivity contribution in [1.29, 1.82) is 0 Å². The fraction of sp³-hybridized carbons (Fsp3) is 0.0435. The van der Waals surface area contributed by atoms with Crippen LogP contribution in [0.3, 0.4) is 0 Å². The number of hydrogen-bond donors (Lipinski definition) is 0. The SMILES string of the molecule is O=C1OC(c2ccccc2)=NC1=Cc1ccccc1OCc1cccc(Br)c1. The van der Waals surface area contributed by atoms with Crippen molar-refractivity contribution >= 4 is 33.9 Å². The van der Waals surface area contributed by atoms with Crippen LogP contribution in [0.5, 0.6) is 5.75 Å². The van der Waals surface area contributed by atoms with E-state index in [0.29, 0.717) is 18.3 Å². The largest absolute Gasteiger partial charge is 0.488 e. The predicted molar refractivity (Wildman–Crippen MR) is 112 cm³/mol. The molecule has 0 bridgehead atoms. The van der Waals surface area contributed by atoms with E-state index in [9.17, 15) is 4.79 Å². The van der Waals surface area contributed by atoms with Crippen molar-refractivity contribution in [2.75, 3.05) is 0 Å². The molecule has 3 aromatic rings. The molecule has 0 aliphatic carbocycles. The van der Waals surface area contributed by atoms with Gasteiger partial charge in [0.25, 0.3) is 0 Å². The molecule has 0 amide bonds. The fourth-order valence-corrected chi connectivity index (χ4v) is 3.23. The number of nitrogens with zero attached hydrogens (tertiary/aromatic N) is 1. The summed E-state index contributed by atoms with van der Waals surface area (Å²) in [7, 11) is 0. The van der Waals surface area contributed by atoms with Crippen LogP contribution in [-0.2, 0) is 16.1 Å². The Balaban J connectivity index is 1.58. The van der Waals surface area contributed by atoms with E-state index in [2.05, 4.69) is 20.9 Å². The number of para-hydroxylation sites is 1. The van der Waals surface area contributed by atoms with E-state index < -0.39 is 5.97 Å². The lowest BCUT2D eigenvalue weighted by atomic mass is 10.1. The Morgan fingerprint density at radius 1 is 0.964 bits per heavy atom. The monoisotopic (exact) mass is 433 g/mol. The Morgan fingerprint density at radius 2 is 1.75 bits per heavy atom. The van der Waals surface area contributed by atoms with Gasteiger partial charge in [-0.15, -0.1) is 0 Å². The number of aliphatic imine (C=N–C) groups is 1. The summed E-state index contributed by atoms with van der Waals surface area (Å²) in [5.74, 6) is 0.510. The first kappa shape index (κ1) is 18.2. The Labute approximate surface area is 171 Å². The molecular weight excluding hydrogens is 418 g/mol. The summed E-state index contributed by atoms with van der Waals surface area (Å²) in [5, 5.41) is 0. The summed E-state index contributed by atoms with van der Waals surface area (Å²) in [5.41, 5.74) is 2.82. The number of carbonyl (C=O) groups excluding carboxylic acids is 1. The highest BCUT2D eigenvalue weighted by Gasteiger charge is 2.24. The summed E-state index contributed by atoms with van der Waals surface area (Å²) in [4.78, 5) is 16.6. The first-order valence-corrected chi connectivity index (χ1v) is 9.52. The highest BCUT2D eigenvalue weighted by atomic mass is 79.9. The van der Waals surface area contributed by atoms with Gasteiger partial charge in [0.15, 0.2) is 5.70 Å². The molecule has 0 spiro atoms. The molecule has 0 atom stereocenters. The summed E-state index contributed by atoms with van der Waals surface area (Å²) in [6.45, 7) is 0.419. The normalized spacial score (nSPS) is 14.7. The van der Waals surface area contributed by atoms with Gasteiger partial charge in [0.05, 0.1) is 0 Å². The van der Waals surface area contributed by atoms with E-state index in [4.69, 9.17) is 9.47 Å². The summed E-state index contributed by atoms with van der Waals surface area (Å²) in [6.07, 6.45) is 1.69. The van der Waals surface area contributed by atoms with Crippen LogP contribution >= 0.6 is 15.9 Å². The maximum Gasteiger partial charge on any atom is 0.363 e. The standard InChI is InChI=1S/C23H16BrNO3/c24-19-11-6-7-16(13-19)15-27-21-12-5-4-10-18(21)14-20-23(26)28-22(25-20)17-8-2-1-3-9-17/h1-14H,15H2. The molecule has 0 aromatic heterocycles. The van der Waals surface area contributed by atoms with Gasteiger partial charge in [0.2, 0.25) is 5.90 Å². The third-order valence-corrected chi connectivity index (χ3v) is 4.63. The van der Waals surface area contributed by atoms with Crippen molar-refractivity contribution in [1.82, 2.24) is 0 Å². The minimum absolute atomic E-state index is 0.248. The van der Waals surface area contributed by atoms with Crippen LogP contribution in [0.4, 0.5) is 0 Å². The number of hydrogen-bond acceptors (Lipinski definition) is 4. The number of esters is 1. The minimum Gasteiger partial charge on any atom is -0.488 e. The van der Waals surface area contributed by atoms with Crippen LogP contribution < -0.4 is 4.74 Å². The van der Waals surface area contributed by atoms with E-state index in [1.165, 1.54) is 0 Å². The number of rotatable bonds is 5. The Kier molecular flexibility index (Phi) is 5.35. The van der Waals surface area contributed by atoms with Gasteiger partial charge in [-0.25, -0.2) is 9.79 Å². The van der Waals surface area contributed by atoms with E-state index in [1.807, 2.05) is 78.9 Å². The molecule has 28 heavy (non-hydrogen) atoms. The molecule has 1 heterocycles. The first-order valence-electron chi connectivity index (χ1n) is 8.73. The zero-order chi connectivity index (χ0) is 19.3. The van der Waals surface area contributed by atoms with Crippen molar-refractivity contribution in [3.05, 3.63) is 106 Å². The number of ether oxygens (including phenoxy) is 2. The zero-order valence-corrected chi connectivity index (χ0v) is 16.4.